The van der Waals surface area contributed by atoms with E-state index in [1.807, 2.05) is 5.38 Å². The zero-order valence-electron chi connectivity index (χ0n) is 6.04. The van der Waals surface area contributed by atoms with Crippen LogP contribution in [-0.4, -0.2) is 22.4 Å². The Bertz CT molecular complexity index is 207. The molecule has 0 fully saturated rings. The highest BCUT2D eigenvalue weighted by atomic mass is 32.1. The van der Waals surface area contributed by atoms with Gasteiger partial charge in [-0.05, 0) is 0 Å². The maximum Gasteiger partial charge on any atom is 0.289 e. The van der Waals surface area contributed by atoms with E-state index in [0.29, 0.717) is 0 Å². The molecule has 0 aliphatic carbocycles. The van der Waals surface area contributed by atoms with Crippen molar-refractivity contribution in [3.63, 3.8) is 0 Å². The fourth-order valence-corrected chi connectivity index (χ4v) is 0.654. The number of rotatable bonds is 2. The average Bonchev–Trinajstić information content (AvgIpc) is 2.36. The van der Waals surface area contributed by atoms with Gasteiger partial charge in [0, 0.05) is 16.5 Å². The van der Waals surface area contributed by atoms with Gasteiger partial charge in [0.15, 0.2) is 0 Å². The van der Waals surface area contributed by atoms with E-state index < -0.39 is 17.4 Å². The highest BCUT2D eigenvalue weighted by Crippen LogP contribution is 1.85. The van der Waals surface area contributed by atoms with E-state index in [2.05, 4.69) is 10.7 Å². The summed E-state index contributed by atoms with van der Waals surface area (Å²) in [5, 5.41) is 11.2. The van der Waals surface area contributed by atoms with Crippen molar-refractivity contribution in [3.8, 4) is 0 Å². The fraction of sp³-hybridized carbons (Fsp3) is 0.200. The Morgan fingerprint density at radius 3 is 2.50 bits per heavy atom. The molecule has 66 valence electrons. The highest BCUT2D eigenvalue weighted by Gasteiger charge is 2.00. The molecule has 0 bridgehead atoms. The molecular weight excluding hydrogens is 182 g/mol. The lowest BCUT2D eigenvalue weighted by molar-refractivity contribution is -0.467. The predicted octanol–water partition coefficient (Wildman–Crippen LogP) is -0.109. The Labute approximate surface area is 72.2 Å². The van der Waals surface area contributed by atoms with Gasteiger partial charge < -0.3 is 5.73 Å². The number of carbonyl (C=O) groups is 1. The second-order valence-corrected chi connectivity index (χ2v) is 2.39. The molecule has 0 atom stereocenters. The first kappa shape index (κ1) is 10.5. The van der Waals surface area contributed by atoms with E-state index >= 15 is 0 Å². The minimum Gasteiger partial charge on any atom is -0.364 e. The monoisotopic (exact) mass is 189 g/mol. The van der Waals surface area contributed by atoms with Gasteiger partial charge >= 0.3 is 0 Å². The largest absolute Gasteiger partial charge is 0.364 e. The van der Waals surface area contributed by atoms with Gasteiger partial charge in [0.25, 0.3) is 12.5 Å². The van der Waals surface area contributed by atoms with Crippen LogP contribution in [0.4, 0.5) is 0 Å². The van der Waals surface area contributed by atoms with Crippen LogP contribution in [0, 0.1) is 10.1 Å². The zero-order chi connectivity index (χ0) is 9.40. The number of amides is 1. The molecule has 12 heavy (non-hydrogen) atoms. The van der Waals surface area contributed by atoms with E-state index in [1.54, 1.807) is 23.0 Å². The molecule has 0 unspecified atom stereocenters. The maximum absolute atomic E-state index is 9.59. The quantitative estimate of drug-likeness (QED) is 0.518. The molecule has 0 aliphatic heterocycles. The van der Waals surface area contributed by atoms with Crippen LogP contribution in [0.3, 0.4) is 0 Å². The van der Waals surface area contributed by atoms with E-state index in [9.17, 15) is 14.9 Å². The molecule has 1 amide bonds. The highest BCUT2D eigenvalue weighted by molar-refractivity contribution is 7.07. The number of nitro groups is 1. The third-order valence-electron chi connectivity index (χ3n) is 0.632. The Kier molecular flexibility index (Phi) is 5.45. The maximum atomic E-state index is 9.59. The van der Waals surface area contributed by atoms with E-state index in [1.165, 1.54) is 0 Å². The first-order valence-electron chi connectivity index (χ1n) is 2.85. The molecule has 0 saturated carbocycles. The lowest BCUT2D eigenvalue weighted by Gasteiger charge is -1.81. The molecule has 0 radical (unpaired) electrons. The third kappa shape index (κ3) is 8.50. The number of nitrogens with two attached hydrogens (primary N) is 1. The Morgan fingerprint density at radius 1 is 1.75 bits per heavy atom. The molecule has 0 aromatic carbocycles. The number of hydrogen-bond acceptors (Lipinski definition) is 5. The molecule has 1 heterocycles. The lowest BCUT2D eigenvalue weighted by Crippen LogP contribution is -2.21. The van der Waals surface area contributed by atoms with Gasteiger partial charge in [-0.1, -0.05) is 0 Å². The fourth-order valence-electron chi connectivity index (χ4n) is 0.303. The smallest absolute Gasteiger partial charge is 0.289 e. The molecule has 6 nitrogen and oxygen atoms in total. The van der Waals surface area contributed by atoms with Crippen molar-refractivity contribution in [1.29, 1.82) is 0 Å². The van der Waals surface area contributed by atoms with Crippen molar-refractivity contribution >= 4 is 17.2 Å². The SMILES string of the molecule is NC(=O)C[N+](=O)[O-].c1cscn1. The van der Waals surface area contributed by atoms with Crippen molar-refractivity contribution < 1.29 is 9.72 Å². The summed E-state index contributed by atoms with van der Waals surface area (Å²) in [6.45, 7) is -0.778. The van der Waals surface area contributed by atoms with Gasteiger partial charge in [-0.25, -0.2) is 0 Å². The Balaban J connectivity index is 0.000000211. The summed E-state index contributed by atoms with van der Waals surface area (Å²) >= 11 is 1.60. The van der Waals surface area contributed by atoms with Crippen LogP contribution in [0.5, 0.6) is 0 Å². The number of carbonyl (C=O) groups excluding carboxylic acids is 1. The van der Waals surface area contributed by atoms with Crippen molar-refractivity contribution in [2.24, 2.45) is 5.73 Å². The predicted molar refractivity (Wildman–Crippen MR) is 43.2 cm³/mol. The van der Waals surface area contributed by atoms with Crippen LogP contribution < -0.4 is 5.73 Å². The number of hydrogen-bond donors (Lipinski definition) is 1. The second kappa shape index (κ2) is 6.23. The van der Waals surface area contributed by atoms with Crippen molar-refractivity contribution in [2.75, 3.05) is 6.54 Å². The zero-order valence-corrected chi connectivity index (χ0v) is 6.86. The third-order valence-corrected chi connectivity index (χ3v) is 1.15. The van der Waals surface area contributed by atoms with E-state index in [0.717, 1.165) is 0 Å². The molecule has 1 aromatic rings. The number of aromatic nitrogens is 1. The summed E-state index contributed by atoms with van der Waals surface area (Å²) < 4.78 is 0. The number of primary amides is 1. The summed E-state index contributed by atoms with van der Waals surface area (Å²) in [4.78, 5) is 21.9. The van der Waals surface area contributed by atoms with Crippen LogP contribution in [0.2, 0.25) is 0 Å². The lowest BCUT2D eigenvalue weighted by atomic mass is 10.7. The van der Waals surface area contributed by atoms with Gasteiger partial charge in [-0.15, -0.1) is 11.3 Å². The van der Waals surface area contributed by atoms with Gasteiger partial charge in [-0.3, -0.25) is 19.9 Å². The van der Waals surface area contributed by atoms with Gasteiger partial charge in [0.2, 0.25) is 0 Å². The first-order valence-corrected chi connectivity index (χ1v) is 3.79. The normalized spacial score (nSPS) is 8.00. The molecule has 0 aliphatic rings. The van der Waals surface area contributed by atoms with E-state index in [4.69, 9.17) is 0 Å². The molecule has 0 spiro atoms. The Hall–Kier alpha value is -1.50. The summed E-state index contributed by atoms with van der Waals surface area (Å²) in [5.74, 6) is -0.912. The van der Waals surface area contributed by atoms with Crippen molar-refractivity contribution in [1.82, 2.24) is 4.98 Å². The van der Waals surface area contributed by atoms with Gasteiger partial charge in [-0.2, -0.15) is 0 Å². The van der Waals surface area contributed by atoms with E-state index in [-0.39, 0.29) is 0 Å². The molecule has 2 N–H and O–H groups in total. The molecule has 1 aromatic heterocycles. The summed E-state index contributed by atoms with van der Waals surface area (Å²) in [6.07, 6.45) is 1.77. The molecule has 0 saturated heterocycles. The van der Waals surface area contributed by atoms with Crippen LogP contribution in [0.1, 0.15) is 0 Å². The summed E-state index contributed by atoms with van der Waals surface area (Å²) in [5.41, 5.74) is 6.20. The Morgan fingerprint density at radius 2 is 2.42 bits per heavy atom. The summed E-state index contributed by atoms with van der Waals surface area (Å²) in [7, 11) is 0. The topological polar surface area (TPSA) is 99.1 Å². The van der Waals surface area contributed by atoms with Crippen LogP contribution in [0.15, 0.2) is 17.1 Å². The molecular formula is C5H7N3O3S. The number of nitrogens with zero attached hydrogens (tertiary/aromatic N) is 2. The average molecular weight is 189 g/mol. The molecule has 1 rings (SSSR count). The standard InChI is InChI=1S/C3H3NS.C2H4N2O3/c1-2-5-3-4-1;3-2(5)1-4(6)7/h1-3H;1H2,(H2,3,5). The van der Waals surface area contributed by atoms with Crippen LogP contribution >= 0.6 is 11.3 Å². The molecule has 7 heteroatoms. The van der Waals surface area contributed by atoms with Crippen LogP contribution in [0.25, 0.3) is 0 Å². The van der Waals surface area contributed by atoms with Gasteiger partial charge in [0.1, 0.15) is 0 Å². The minimum atomic E-state index is -0.912. The second-order valence-electron chi connectivity index (χ2n) is 1.63. The minimum absolute atomic E-state index is 0.775. The van der Waals surface area contributed by atoms with Crippen LogP contribution in [-0.2, 0) is 4.79 Å². The van der Waals surface area contributed by atoms with Crippen molar-refractivity contribution in [2.45, 2.75) is 0 Å². The van der Waals surface area contributed by atoms with Crippen molar-refractivity contribution in [3.05, 3.63) is 27.2 Å². The first-order chi connectivity index (χ1) is 5.63. The van der Waals surface area contributed by atoms with Gasteiger partial charge in [0.05, 0.1) is 5.51 Å². The summed E-state index contributed by atoms with van der Waals surface area (Å²) in [6, 6.07) is 0. The number of thiazole rings is 1.